The molecule has 2 heterocycles. The van der Waals surface area contributed by atoms with Crippen LogP contribution in [0.3, 0.4) is 0 Å². The van der Waals surface area contributed by atoms with Crippen molar-refractivity contribution in [2.45, 2.75) is 38.3 Å². The van der Waals surface area contributed by atoms with Gasteiger partial charge in [0.05, 0.1) is 11.9 Å². The highest BCUT2D eigenvalue weighted by atomic mass is 16.3. The second kappa shape index (κ2) is 6.24. The van der Waals surface area contributed by atoms with E-state index < -0.39 is 5.60 Å². The first kappa shape index (κ1) is 14.8. The van der Waals surface area contributed by atoms with Gasteiger partial charge in [0, 0.05) is 26.0 Å². The predicted octanol–water partition coefficient (Wildman–Crippen LogP) is 2.24. The van der Waals surface area contributed by atoms with E-state index in [9.17, 15) is 5.11 Å². The molecule has 2 unspecified atom stereocenters. The molecule has 2 aromatic heterocycles. The Morgan fingerprint density at radius 1 is 1.55 bits per heavy atom. The Balaban J connectivity index is 2.15. The van der Waals surface area contributed by atoms with Crippen LogP contribution in [0.25, 0.3) is 0 Å². The van der Waals surface area contributed by atoms with E-state index >= 15 is 0 Å². The molecule has 0 amide bonds. The fourth-order valence-electron chi connectivity index (χ4n) is 2.38. The average Bonchev–Trinajstić information content (AvgIpc) is 3.02. The van der Waals surface area contributed by atoms with Gasteiger partial charge in [0.2, 0.25) is 0 Å². The summed E-state index contributed by atoms with van der Waals surface area (Å²) in [5.74, 6) is 1.67. The molecular weight excluding hydrogens is 254 g/mol. The topological polar surface area (TPSA) is 63.2 Å². The van der Waals surface area contributed by atoms with E-state index in [1.807, 2.05) is 36.9 Å². The number of hydrogen-bond acceptors (Lipinski definition) is 4. The molecule has 110 valence electrons. The molecular formula is C15H23N3O2. The summed E-state index contributed by atoms with van der Waals surface area (Å²) in [7, 11) is 1.95. The quantitative estimate of drug-likeness (QED) is 0.814. The molecule has 5 nitrogen and oxygen atoms in total. The van der Waals surface area contributed by atoms with Gasteiger partial charge in [-0.3, -0.25) is 5.32 Å². The van der Waals surface area contributed by atoms with Crippen molar-refractivity contribution in [1.29, 1.82) is 0 Å². The van der Waals surface area contributed by atoms with E-state index in [-0.39, 0.29) is 6.04 Å². The maximum absolute atomic E-state index is 10.3. The van der Waals surface area contributed by atoms with E-state index in [2.05, 4.69) is 17.2 Å². The van der Waals surface area contributed by atoms with Crippen molar-refractivity contribution >= 4 is 0 Å². The fraction of sp³-hybridized carbons (Fsp3) is 0.533. The van der Waals surface area contributed by atoms with Crippen LogP contribution in [0, 0.1) is 0 Å². The zero-order chi connectivity index (χ0) is 14.6. The van der Waals surface area contributed by atoms with E-state index in [1.54, 1.807) is 12.5 Å². The lowest BCUT2D eigenvalue weighted by Gasteiger charge is -2.26. The molecule has 0 radical (unpaired) electrons. The summed E-state index contributed by atoms with van der Waals surface area (Å²) in [5.41, 5.74) is -0.731. The van der Waals surface area contributed by atoms with Gasteiger partial charge in [-0.05, 0) is 25.5 Å². The maximum Gasteiger partial charge on any atom is 0.133 e. The minimum atomic E-state index is -0.731. The van der Waals surface area contributed by atoms with Crippen LogP contribution in [0.1, 0.15) is 44.3 Å². The zero-order valence-electron chi connectivity index (χ0n) is 12.3. The van der Waals surface area contributed by atoms with Crippen molar-refractivity contribution in [2.24, 2.45) is 7.05 Å². The van der Waals surface area contributed by atoms with Gasteiger partial charge in [0.25, 0.3) is 0 Å². The van der Waals surface area contributed by atoms with Gasteiger partial charge in [-0.25, -0.2) is 4.98 Å². The van der Waals surface area contributed by atoms with Crippen molar-refractivity contribution in [1.82, 2.24) is 14.9 Å². The molecule has 0 saturated carbocycles. The number of furan rings is 1. The lowest BCUT2D eigenvalue weighted by molar-refractivity contribution is 0.0474. The summed E-state index contributed by atoms with van der Waals surface area (Å²) in [6.45, 7) is 4.40. The summed E-state index contributed by atoms with van der Waals surface area (Å²) in [6.07, 6.45) is 7.01. The molecule has 0 aliphatic rings. The van der Waals surface area contributed by atoms with Crippen LogP contribution in [0.2, 0.25) is 0 Å². The molecule has 0 spiro atoms. The first-order valence-corrected chi connectivity index (χ1v) is 7.00. The first-order valence-electron chi connectivity index (χ1n) is 7.00. The van der Waals surface area contributed by atoms with Gasteiger partial charge in [0.15, 0.2) is 0 Å². The molecule has 0 aromatic carbocycles. The summed E-state index contributed by atoms with van der Waals surface area (Å²) in [6, 6.07) is 3.62. The van der Waals surface area contributed by atoms with Crippen LogP contribution in [-0.4, -0.2) is 26.8 Å². The molecule has 2 aromatic rings. The lowest BCUT2D eigenvalue weighted by atomic mass is 10.00. The van der Waals surface area contributed by atoms with Crippen LogP contribution in [0.4, 0.5) is 0 Å². The molecule has 5 heteroatoms. The zero-order valence-corrected chi connectivity index (χ0v) is 12.3. The molecule has 20 heavy (non-hydrogen) atoms. The lowest BCUT2D eigenvalue weighted by Crippen LogP contribution is -2.40. The van der Waals surface area contributed by atoms with Crippen molar-refractivity contribution in [2.75, 3.05) is 6.54 Å². The third-order valence-electron chi connectivity index (χ3n) is 3.42. The molecule has 0 bridgehead atoms. The summed E-state index contributed by atoms with van der Waals surface area (Å²) >= 11 is 0. The number of imidazole rings is 1. The highest BCUT2D eigenvalue weighted by Crippen LogP contribution is 2.22. The fourth-order valence-corrected chi connectivity index (χ4v) is 2.38. The van der Waals surface area contributed by atoms with Crippen LogP contribution in [0.5, 0.6) is 0 Å². The van der Waals surface area contributed by atoms with Gasteiger partial charge in [-0.1, -0.05) is 13.3 Å². The van der Waals surface area contributed by atoms with Crippen molar-refractivity contribution in [3.05, 3.63) is 42.4 Å². The standard InChI is InChI=1S/C15H23N3O2/c1-4-7-15(2,19)11-17-13(12-6-5-10-20-12)14-16-8-9-18(14)3/h5-6,8-10,13,17,19H,4,7,11H2,1-3H3. The minimum Gasteiger partial charge on any atom is -0.467 e. The van der Waals surface area contributed by atoms with E-state index in [0.29, 0.717) is 6.54 Å². The Morgan fingerprint density at radius 3 is 2.90 bits per heavy atom. The average molecular weight is 277 g/mol. The molecule has 2 N–H and O–H groups in total. The second-order valence-electron chi connectivity index (χ2n) is 5.47. The Hall–Kier alpha value is -1.59. The molecule has 0 aliphatic carbocycles. The van der Waals surface area contributed by atoms with E-state index in [1.165, 1.54) is 0 Å². The number of hydrogen-bond donors (Lipinski definition) is 2. The van der Waals surface area contributed by atoms with Crippen molar-refractivity contribution in [3.63, 3.8) is 0 Å². The molecule has 2 rings (SSSR count). The van der Waals surface area contributed by atoms with Crippen molar-refractivity contribution < 1.29 is 9.52 Å². The molecule has 0 aliphatic heterocycles. The van der Waals surface area contributed by atoms with Crippen LogP contribution >= 0.6 is 0 Å². The predicted molar refractivity (Wildman–Crippen MR) is 77.3 cm³/mol. The Morgan fingerprint density at radius 2 is 2.35 bits per heavy atom. The molecule has 0 saturated heterocycles. The van der Waals surface area contributed by atoms with Gasteiger partial charge >= 0.3 is 0 Å². The van der Waals surface area contributed by atoms with Crippen LogP contribution in [-0.2, 0) is 7.05 Å². The van der Waals surface area contributed by atoms with E-state index in [0.717, 1.165) is 24.4 Å². The highest BCUT2D eigenvalue weighted by molar-refractivity contribution is 5.15. The van der Waals surface area contributed by atoms with Gasteiger partial charge < -0.3 is 14.1 Å². The maximum atomic E-state index is 10.3. The number of nitrogens with one attached hydrogen (secondary N) is 1. The second-order valence-corrected chi connectivity index (χ2v) is 5.47. The Bertz CT molecular complexity index is 517. The summed E-state index contributed by atoms with van der Waals surface area (Å²) < 4.78 is 7.46. The largest absolute Gasteiger partial charge is 0.467 e. The number of aromatic nitrogens is 2. The molecule has 2 atom stereocenters. The van der Waals surface area contributed by atoms with Crippen LogP contribution < -0.4 is 5.32 Å². The summed E-state index contributed by atoms with van der Waals surface area (Å²) in [5, 5.41) is 13.7. The SMILES string of the molecule is CCCC(C)(O)CNC(c1ccco1)c1nccn1C. The Labute approximate surface area is 119 Å². The smallest absolute Gasteiger partial charge is 0.133 e. The monoisotopic (exact) mass is 277 g/mol. The van der Waals surface area contributed by atoms with Gasteiger partial charge in [-0.15, -0.1) is 0 Å². The third kappa shape index (κ3) is 3.49. The number of aliphatic hydroxyl groups is 1. The minimum absolute atomic E-state index is 0.159. The number of nitrogens with zero attached hydrogens (tertiary/aromatic N) is 2. The summed E-state index contributed by atoms with van der Waals surface area (Å²) in [4.78, 5) is 4.38. The highest BCUT2D eigenvalue weighted by Gasteiger charge is 2.25. The van der Waals surface area contributed by atoms with Crippen LogP contribution in [0.15, 0.2) is 35.2 Å². The normalized spacial score (nSPS) is 16.0. The Kier molecular flexibility index (Phi) is 4.62. The number of aryl methyl sites for hydroxylation is 1. The first-order chi connectivity index (χ1) is 9.53. The van der Waals surface area contributed by atoms with Gasteiger partial charge in [0.1, 0.15) is 17.6 Å². The van der Waals surface area contributed by atoms with E-state index in [4.69, 9.17) is 4.42 Å². The molecule has 0 fully saturated rings. The van der Waals surface area contributed by atoms with Gasteiger partial charge in [-0.2, -0.15) is 0 Å². The number of rotatable bonds is 7. The third-order valence-corrected chi connectivity index (χ3v) is 3.42. The van der Waals surface area contributed by atoms with Crippen molar-refractivity contribution in [3.8, 4) is 0 Å².